The third kappa shape index (κ3) is 4.23. The van der Waals surface area contributed by atoms with E-state index < -0.39 is 22.5 Å². The lowest BCUT2D eigenvalue weighted by molar-refractivity contribution is -0.115. The molecule has 0 atom stereocenters. The van der Waals surface area contributed by atoms with Gasteiger partial charge in [-0.1, -0.05) is 23.2 Å². The Bertz CT molecular complexity index is 829. The minimum absolute atomic E-state index is 0.0334. The fourth-order valence-corrected chi connectivity index (χ4v) is 3.64. The molecule has 2 aromatic rings. The molecule has 10 heteroatoms. The number of nitrogens with one attached hydrogen (secondary N) is 3. The van der Waals surface area contributed by atoms with Crippen molar-refractivity contribution in [1.29, 1.82) is 0 Å². The van der Waals surface area contributed by atoms with Crippen molar-refractivity contribution >= 4 is 44.8 Å². The van der Waals surface area contributed by atoms with Crippen LogP contribution in [-0.4, -0.2) is 31.1 Å². The van der Waals surface area contributed by atoms with Crippen LogP contribution in [0.4, 0.5) is 5.69 Å². The monoisotopic (exact) mass is 376 g/mol. The lowest BCUT2D eigenvalue weighted by atomic mass is 10.3. The molecule has 1 amide bonds. The second-order valence-corrected chi connectivity index (χ2v) is 7.31. The standard InChI is InChI=1S/C13H14Cl2N4O3S/c1-7-13(8(2)19-18-7)23(21,22)16-6-12(20)17-11-5-9(14)3-4-10(11)15/h3-5,16H,6H2,1-2H3,(H,17,20)(H,18,19). The number of aryl methyl sites for hydroxylation is 2. The summed E-state index contributed by atoms with van der Waals surface area (Å²) in [6, 6.07) is 4.58. The number of sulfonamides is 1. The van der Waals surface area contributed by atoms with E-state index >= 15 is 0 Å². The van der Waals surface area contributed by atoms with Gasteiger partial charge in [0.05, 0.1) is 28.6 Å². The zero-order valence-corrected chi connectivity index (χ0v) is 14.6. The van der Waals surface area contributed by atoms with Crippen molar-refractivity contribution in [3.63, 3.8) is 0 Å². The van der Waals surface area contributed by atoms with Gasteiger partial charge in [-0.15, -0.1) is 0 Å². The average molecular weight is 377 g/mol. The number of hydrogen-bond acceptors (Lipinski definition) is 4. The van der Waals surface area contributed by atoms with E-state index in [1.165, 1.54) is 12.1 Å². The van der Waals surface area contributed by atoms with Gasteiger partial charge < -0.3 is 5.32 Å². The minimum atomic E-state index is -3.85. The molecule has 0 aliphatic heterocycles. The van der Waals surface area contributed by atoms with Crippen LogP contribution in [0.3, 0.4) is 0 Å². The molecular formula is C13H14Cl2N4O3S. The van der Waals surface area contributed by atoms with Crippen LogP contribution in [0.25, 0.3) is 0 Å². The van der Waals surface area contributed by atoms with E-state index in [1.54, 1.807) is 19.9 Å². The Morgan fingerprint density at radius 3 is 2.61 bits per heavy atom. The van der Waals surface area contributed by atoms with Crippen molar-refractivity contribution in [2.24, 2.45) is 0 Å². The van der Waals surface area contributed by atoms with Gasteiger partial charge in [0.2, 0.25) is 15.9 Å². The number of carbonyl (C=O) groups excluding carboxylic acids is 1. The van der Waals surface area contributed by atoms with Crippen molar-refractivity contribution in [1.82, 2.24) is 14.9 Å². The van der Waals surface area contributed by atoms with Gasteiger partial charge in [0.15, 0.2) is 0 Å². The SMILES string of the molecule is Cc1n[nH]c(C)c1S(=O)(=O)NCC(=O)Nc1cc(Cl)ccc1Cl. The van der Waals surface area contributed by atoms with Crippen LogP contribution in [0.15, 0.2) is 23.1 Å². The third-order valence-electron chi connectivity index (χ3n) is 2.95. The van der Waals surface area contributed by atoms with Gasteiger partial charge >= 0.3 is 0 Å². The van der Waals surface area contributed by atoms with Gasteiger partial charge in [0, 0.05) is 5.02 Å². The van der Waals surface area contributed by atoms with E-state index in [4.69, 9.17) is 23.2 Å². The second-order valence-electron chi connectivity index (χ2n) is 4.76. The van der Waals surface area contributed by atoms with Crippen LogP contribution >= 0.6 is 23.2 Å². The van der Waals surface area contributed by atoms with Crippen LogP contribution in [-0.2, 0) is 14.8 Å². The van der Waals surface area contributed by atoms with Gasteiger partial charge in [0.1, 0.15) is 4.90 Å². The average Bonchev–Trinajstić information content (AvgIpc) is 2.81. The minimum Gasteiger partial charge on any atom is -0.324 e. The molecule has 0 fully saturated rings. The molecule has 23 heavy (non-hydrogen) atoms. The van der Waals surface area contributed by atoms with Crippen LogP contribution in [0.2, 0.25) is 10.0 Å². The summed E-state index contributed by atoms with van der Waals surface area (Å²) in [6.45, 7) is 2.69. The first-order valence-corrected chi connectivity index (χ1v) is 8.71. The number of carbonyl (C=O) groups is 1. The number of amides is 1. The fraction of sp³-hybridized carbons (Fsp3) is 0.231. The molecular weight excluding hydrogens is 363 g/mol. The maximum atomic E-state index is 12.2. The molecule has 124 valence electrons. The number of halogens is 2. The first kappa shape index (κ1) is 17.7. The highest BCUT2D eigenvalue weighted by Gasteiger charge is 2.22. The summed E-state index contributed by atoms with van der Waals surface area (Å²) in [5.41, 5.74) is 1.03. The summed E-state index contributed by atoms with van der Waals surface area (Å²) in [6.07, 6.45) is 0. The molecule has 1 heterocycles. The summed E-state index contributed by atoms with van der Waals surface area (Å²) in [5, 5.41) is 9.59. The van der Waals surface area contributed by atoms with E-state index in [1.807, 2.05) is 0 Å². The van der Waals surface area contributed by atoms with E-state index in [0.717, 1.165) is 0 Å². The molecule has 1 aromatic heterocycles. The van der Waals surface area contributed by atoms with E-state index in [0.29, 0.717) is 27.1 Å². The number of benzene rings is 1. The van der Waals surface area contributed by atoms with E-state index in [2.05, 4.69) is 20.2 Å². The lowest BCUT2D eigenvalue weighted by Crippen LogP contribution is -2.33. The number of anilines is 1. The molecule has 3 N–H and O–H groups in total. The van der Waals surface area contributed by atoms with Crippen molar-refractivity contribution in [2.75, 3.05) is 11.9 Å². The normalized spacial score (nSPS) is 11.5. The smallest absolute Gasteiger partial charge is 0.244 e. The Hall–Kier alpha value is -1.61. The largest absolute Gasteiger partial charge is 0.324 e. The Morgan fingerprint density at radius 1 is 1.30 bits per heavy atom. The molecule has 0 bridgehead atoms. The predicted molar refractivity (Wildman–Crippen MR) is 88.3 cm³/mol. The number of rotatable bonds is 5. The molecule has 2 rings (SSSR count). The molecule has 1 aromatic carbocycles. The Kier molecular flexibility index (Phi) is 5.30. The van der Waals surface area contributed by atoms with Gasteiger partial charge in [-0.05, 0) is 32.0 Å². The summed E-state index contributed by atoms with van der Waals surface area (Å²) in [4.78, 5) is 11.9. The molecule has 0 aliphatic rings. The Balaban J connectivity index is 2.06. The number of H-pyrrole nitrogens is 1. The Labute approximate surface area is 143 Å². The zero-order chi connectivity index (χ0) is 17.2. The number of hydrogen-bond donors (Lipinski definition) is 3. The number of nitrogens with zero attached hydrogens (tertiary/aromatic N) is 1. The number of aromatic amines is 1. The summed E-state index contributed by atoms with van der Waals surface area (Å²) >= 11 is 11.7. The summed E-state index contributed by atoms with van der Waals surface area (Å²) in [5.74, 6) is -0.573. The highest BCUT2D eigenvalue weighted by atomic mass is 35.5. The fourth-order valence-electron chi connectivity index (χ4n) is 1.96. The Morgan fingerprint density at radius 2 is 2.00 bits per heavy atom. The summed E-state index contributed by atoms with van der Waals surface area (Å²) < 4.78 is 26.7. The topological polar surface area (TPSA) is 104 Å². The predicted octanol–water partition coefficient (Wildman–Crippen LogP) is 2.25. The van der Waals surface area contributed by atoms with Crippen molar-refractivity contribution < 1.29 is 13.2 Å². The first-order valence-electron chi connectivity index (χ1n) is 6.47. The van der Waals surface area contributed by atoms with Crippen LogP contribution in [0, 0.1) is 13.8 Å². The van der Waals surface area contributed by atoms with Gasteiger partial charge in [-0.3, -0.25) is 9.89 Å². The first-order chi connectivity index (χ1) is 10.7. The molecule has 0 unspecified atom stereocenters. The van der Waals surface area contributed by atoms with Crippen molar-refractivity contribution in [3.05, 3.63) is 39.6 Å². The molecule has 7 nitrogen and oxygen atoms in total. The quantitative estimate of drug-likeness (QED) is 0.743. The third-order valence-corrected chi connectivity index (χ3v) is 5.18. The molecule has 0 radical (unpaired) electrons. The molecule has 0 spiro atoms. The zero-order valence-electron chi connectivity index (χ0n) is 12.3. The van der Waals surface area contributed by atoms with E-state index in [-0.39, 0.29) is 4.90 Å². The molecule has 0 saturated carbocycles. The maximum absolute atomic E-state index is 12.2. The van der Waals surface area contributed by atoms with Gasteiger partial charge in [-0.25, -0.2) is 13.1 Å². The molecule has 0 aliphatic carbocycles. The van der Waals surface area contributed by atoms with Gasteiger partial charge in [-0.2, -0.15) is 5.10 Å². The van der Waals surface area contributed by atoms with Crippen LogP contribution in [0.5, 0.6) is 0 Å². The van der Waals surface area contributed by atoms with E-state index in [9.17, 15) is 13.2 Å². The van der Waals surface area contributed by atoms with Crippen LogP contribution < -0.4 is 10.0 Å². The maximum Gasteiger partial charge on any atom is 0.244 e. The lowest BCUT2D eigenvalue weighted by Gasteiger charge is -2.09. The van der Waals surface area contributed by atoms with Crippen molar-refractivity contribution in [2.45, 2.75) is 18.7 Å². The summed E-state index contributed by atoms with van der Waals surface area (Å²) in [7, 11) is -3.85. The highest BCUT2D eigenvalue weighted by molar-refractivity contribution is 7.89. The van der Waals surface area contributed by atoms with Gasteiger partial charge in [0.25, 0.3) is 0 Å². The second kappa shape index (κ2) is 6.88. The highest BCUT2D eigenvalue weighted by Crippen LogP contribution is 2.25. The molecule has 0 saturated heterocycles. The van der Waals surface area contributed by atoms with Crippen molar-refractivity contribution in [3.8, 4) is 0 Å². The number of aromatic nitrogens is 2. The van der Waals surface area contributed by atoms with Crippen LogP contribution in [0.1, 0.15) is 11.4 Å².